The maximum absolute atomic E-state index is 5.51. The number of anilines is 1. The summed E-state index contributed by atoms with van der Waals surface area (Å²) < 4.78 is 7.76. The fourth-order valence-electron chi connectivity index (χ4n) is 4.79. The van der Waals surface area contributed by atoms with Crippen molar-refractivity contribution in [3.8, 4) is 0 Å². The van der Waals surface area contributed by atoms with E-state index >= 15 is 0 Å². The van der Waals surface area contributed by atoms with Gasteiger partial charge in [-0.15, -0.1) is 0 Å². The molecule has 0 saturated carbocycles. The first-order chi connectivity index (χ1) is 13.5. The van der Waals surface area contributed by atoms with E-state index in [1.54, 1.807) is 6.33 Å². The molecule has 0 bridgehead atoms. The quantitative estimate of drug-likeness (QED) is 0.810. The average Bonchev–Trinajstić information content (AvgIpc) is 3.33. The summed E-state index contributed by atoms with van der Waals surface area (Å²) in [4.78, 5) is 18.8. The molecule has 0 N–H and O–H groups in total. The van der Waals surface area contributed by atoms with Crippen molar-refractivity contribution >= 4 is 5.82 Å². The summed E-state index contributed by atoms with van der Waals surface area (Å²) in [6.07, 6.45) is 3.94. The summed E-state index contributed by atoms with van der Waals surface area (Å²) in [5.74, 6) is 3.59. The van der Waals surface area contributed by atoms with Gasteiger partial charge in [-0.25, -0.2) is 15.0 Å². The Morgan fingerprint density at radius 3 is 2.61 bits per heavy atom. The van der Waals surface area contributed by atoms with Gasteiger partial charge >= 0.3 is 0 Å². The third kappa shape index (κ3) is 3.42. The number of aromatic nitrogens is 4. The van der Waals surface area contributed by atoms with Crippen LogP contribution in [0.15, 0.2) is 18.6 Å². The van der Waals surface area contributed by atoms with Crippen molar-refractivity contribution < 1.29 is 4.74 Å². The van der Waals surface area contributed by atoms with Crippen LogP contribution in [0.4, 0.5) is 5.82 Å². The van der Waals surface area contributed by atoms with Crippen molar-refractivity contribution in [3.05, 3.63) is 35.8 Å². The lowest BCUT2D eigenvalue weighted by atomic mass is 9.92. The number of hydrogen-bond acceptors (Lipinski definition) is 6. The van der Waals surface area contributed by atoms with Gasteiger partial charge in [0.15, 0.2) is 0 Å². The fourth-order valence-corrected chi connectivity index (χ4v) is 4.79. The van der Waals surface area contributed by atoms with Gasteiger partial charge in [0.2, 0.25) is 0 Å². The molecule has 0 aromatic carbocycles. The predicted octanol–water partition coefficient (Wildman–Crippen LogP) is 2.07. The van der Waals surface area contributed by atoms with Crippen LogP contribution in [0.5, 0.6) is 0 Å². The second kappa shape index (κ2) is 6.81. The Hall–Kier alpha value is -1.99. The van der Waals surface area contributed by atoms with E-state index in [4.69, 9.17) is 9.72 Å². The van der Waals surface area contributed by atoms with Crippen molar-refractivity contribution in [2.45, 2.75) is 45.9 Å². The predicted molar refractivity (Wildman–Crippen MR) is 107 cm³/mol. The first kappa shape index (κ1) is 18.1. The van der Waals surface area contributed by atoms with Crippen molar-refractivity contribution in [2.75, 3.05) is 37.7 Å². The highest BCUT2D eigenvalue weighted by molar-refractivity contribution is 5.42. The van der Waals surface area contributed by atoms with Gasteiger partial charge in [-0.2, -0.15) is 0 Å². The van der Waals surface area contributed by atoms with E-state index in [1.165, 1.54) is 5.69 Å². The molecule has 3 aliphatic rings. The highest BCUT2D eigenvalue weighted by atomic mass is 16.5. The number of ether oxygens (including phenoxy) is 1. The van der Waals surface area contributed by atoms with Crippen LogP contribution in [-0.4, -0.2) is 57.2 Å². The lowest BCUT2D eigenvalue weighted by Crippen LogP contribution is -2.29. The number of fused-ring (bicyclic) bond motifs is 2. The van der Waals surface area contributed by atoms with E-state index in [0.717, 1.165) is 63.2 Å². The smallest absolute Gasteiger partial charge is 0.135 e. The molecule has 2 aromatic heterocycles. The van der Waals surface area contributed by atoms with Gasteiger partial charge in [-0.3, -0.25) is 4.90 Å². The fraction of sp³-hybridized carbons (Fsp3) is 0.667. The second-order valence-electron chi connectivity index (χ2n) is 9.53. The second-order valence-corrected chi connectivity index (χ2v) is 9.53. The normalized spacial score (nSPS) is 25.2. The zero-order chi connectivity index (χ0) is 19.3. The van der Waals surface area contributed by atoms with Crippen LogP contribution in [-0.2, 0) is 29.8 Å². The van der Waals surface area contributed by atoms with E-state index in [2.05, 4.69) is 57.4 Å². The lowest BCUT2D eigenvalue weighted by Gasteiger charge is -2.24. The van der Waals surface area contributed by atoms with Gasteiger partial charge in [-0.05, 0) is 11.8 Å². The molecule has 2 saturated heterocycles. The molecule has 3 aliphatic heterocycles. The van der Waals surface area contributed by atoms with Gasteiger partial charge in [0.05, 0.1) is 18.0 Å². The summed E-state index contributed by atoms with van der Waals surface area (Å²) >= 11 is 0. The molecule has 0 aliphatic carbocycles. The third-order valence-electron chi connectivity index (χ3n) is 6.31. The van der Waals surface area contributed by atoms with E-state index in [-0.39, 0.29) is 5.41 Å². The zero-order valence-corrected chi connectivity index (χ0v) is 17.1. The Morgan fingerprint density at radius 2 is 1.89 bits per heavy atom. The van der Waals surface area contributed by atoms with Gasteiger partial charge < -0.3 is 14.2 Å². The monoisotopic (exact) mass is 382 g/mol. The molecule has 2 fully saturated rings. The van der Waals surface area contributed by atoms with Crippen LogP contribution in [0, 0.1) is 11.8 Å². The van der Waals surface area contributed by atoms with Gasteiger partial charge in [0.25, 0.3) is 0 Å². The molecule has 0 spiro atoms. The van der Waals surface area contributed by atoms with Crippen LogP contribution < -0.4 is 4.90 Å². The Kier molecular flexibility index (Phi) is 4.39. The summed E-state index contributed by atoms with van der Waals surface area (Å²) in [5.41, 5.74) is 2.35. The molecule has 0 amide bonds. The molecular formula is C21H30N6O. The summed E-state index contributed by atoms with van der Waals surface area (Å²) in [6, 6.07) is 2.18. The minimum atomic E-state index is 0.0544. The molecule has 28 heavy (non-hydrogen) atoms. The summed E-state index contributed by atoms with van der Waals surface area (Å²) in [5, 5.41) is 0. The molecule has 0 radical (unpaired) electrons. The third-order valence-corrected chi connectivity index (χ3v) is 6.31. The Labute approximate surface area is 166 Å². The molecule has 150 valence electrons. The standard InChI is InChI=1S/C21H30N6O/c1-21(2,3)18-6-19(23-14-22-18)27-9-15-7-25(8-16(15)10-27)11-17-12-26-4-5-28-13-20(26)24-17/h6,12,14-16H,4-5,7-11,13H2,1-3H3. The van der Waals surface area contributed by atoms with Crippen LogP contribution in [0.3, 0.4) is 0 Å². The van der Waals surface area contributed by atoms with Gasteiger partial charge in [-0.1, -0.05) is 20.8 Å². The van der Waals surface area contributed by atoms with E-state index in [0.29, 0.717) is 18.4 Å². The number of hydrogen-bond donors (Lipinski definition) is 0. The van der Waals surface area contributed by atoms with Crippen molar-refractivity contribution in [1.29, 1.82) is 0 Å². The minimum absolute atomic E-state index is 0.0544. The molecule has 7 nitrogen and oxygen atoms in total. The number of likely N-dealkylation sites (tertiary alicyclic amines) is 1. The first-order valence-electron chi connectivity index (χ1n) is 10.4. The van der Waals surface area contributed by atoms with Crippen LogP contribution in [0.25, 0.3) is 0 Å². The highest BCUT2D eigenvalue weighted by Crippen LogP contribution is 2.34. The van der Waals surface area contributed by atoms with Crippen LogP contribution in [0.1, 0.15) is 38.0 Å². The summed E-state index contributed by atoms with van der Waals surface area (Å²) in [6.45, 7) is 14.4. The largest absolute Gasteiger partial charge is 0.372 e. The molecule has 2 atom stereocenters. The number of imidazole rings is 1. The molecular weight excluding hydrogens is 352 g/mol. The first-order valence-corrected chi connectivity index (χ1v) is 10.4. The molecule has 5 heterocycles. The van der Waals surface area contributed by atoms with Crippen molar-refractivity contribution in [3.63, 3.8) is 0 Å². The van der Waals surface area contributed by atoms with E-state index < -0.39 is 0 Å². The molecule has 2 unspecified atom stereocenters. The Morgan fingerprint density at radius 1 is 1.11 bits per heavy atom. The number of nitrogens with zero attached hydrogens (tertiary/aromatic N) is 6. The van der Waals surface area contributed by atoms with E-state index in [9.17, 15) is 0 Å². The number of rotatable bonds is 3. The average molecular weight is 383 g/mol. The maximum Gasteiger partial charge on any atom is 0.135 e. The highest BCUT2D eigenvalue weighted by Gasteiger charge is 2.40. The minimum Gasteiger partial charge on any atom is -0.372 e. The van der Waals surface area contributed by atoms with Gasteiger partial charge in [0.1, 0.15) is 24.6 Å². The Balaban J connectivity index is 1.21. The lowest BCUT2D eigenvalue weighted by molar-refractivity contribution is 0.0816. The molecule has 2 aromatic rings. The molecule has 7 heteroatoms. The van der Waals surface area contributed by atoms with Gasteiger partial charge in [0, 0.05) is 56.9 Å². The van der Waals surface area contributed by atoms with Crippen molar-refractivity contribution in [2.24, 2.45) is 11.8 Å². The zero-order valence-electron chi connectivity index (χ0n) is 17.1. The topological polar surface area (TPSA) is 59.3 Å². The summed E-state index contributed by atoms with van der Waals surface area (Å²) in [7, 11) is 0. The molecule has 5 rings (SSSR count). The van der Waals surface area contributed by atoms with Crippen LogP contribution >= 0.6 is 0 Å². The van der Waals surface area contributed by atoms with Crippen LogP contribution in [0.2, 0.25) is 0 Å². The Bertz CT molecular complexity index is 819. The van der Waals surface area contributed by atoms with Crippen molar-refractivity contribution in [1.82, 2.24) is 24.4 Å². The SMILES string of the molecule is CC(C)(C)c1cc(N2CC3CN(Cc4cn5c(n4)COCC5)CC3C2)ncn1. The van der Waals surface area contributed by atoms with E-state index in [1.807, 2.05) is 0 Å². The maximum atomic E-state index is 5.51.